The van der Waals surface area contributed by atoms with Gasteiger partial charge in [-0.2, -0.15) is 0 Å². The predicted octanol–water partition coefficient (Wildman–Crippen LogP) is 4.69. The molecule has 1 fully saturated rings. The van der Waals surface area contributed by atoms with Gasteiger partial charge in [0.25, 0.3) is 5.91 Å². The Bertz CT molecular complexity index is 1080. The van der Waals surface area contributed by atoms with Crippen molar-refractivity contribution in [3.05, 3.63) is 82.4 Å². The number of carbonyl (C=O) groups is 1. The van der Waals surface area contributed by atoms with E-state index in [0.717, 1.165) is 30.0 Å². The highest BCUT2D eigenvalue weighted by Gasteiger charge is 2.27. The minimum Gasteiger partial charge on any atom is -0.378 e. The molecule has 0 spiro atoms. The Balaban J connectivity index is 1.76. The lowest BCUT2D eigenvalue weighted by atomic mass is 10.1. The van der Waals surface area contributed by atoms with Gasteiger partial charge in [0, 0.05) is 36.6 Å². The van der Waals surface area contributed by atoms with Gasteiger partial charge in [0.1, 0.15) is 11.5 Å². The average molecular weight is 422 g/mol. The fourth-order valence-electron chi connectivity index (χ4n) is 4.31. The SMILES string of the molecule is Cc1ccccc1Cn1c(C)c(N2CCOCC2)c(C)c1C(=O)Nc1ccc(F)cc1. The zero-order chi connectivity index (χ0) is 22.0. The number of halogens is 1. The van der Waals surface area contributed by atoms with Crippen LogP contribution in [-0.4, -0.2) is 36.8 Å². The number of amides is 1. The summed E-state index contributed by atoms with van der Waals surface area (Å²) in [7, 11) is 0. The van der Waals surface area contributed by atoms with Crippen molar-refractivity contribution in [1.29, 1.82) is 0 Å². The summed E-state index contributed by atoms with van der Waals surface area (Å²) in [6, 6.07) is 14.1. The number of anilines is 2. The minimum atomic E-state index is -0.331. The maximum Gasteiger partial charge on any atom is 0.272 e. The Morgan fingerprint density at radius 2 is 1.71 bits per heavy atom. The van der Waals surface area contributed by atoms with E-state index in [1.54, 1.807) is 12.1 Å². The summed E-state index contributed by atoms with van der Waals surface area (Å²) in [6.45, 7) is 9.73. The number of rotatable bonds is 5. The van der Waals surface area contributed by atoms with Crippen LogP contribution in [0.15, 0.2) is 48.5 Å². The Morgan fingerprint density at radius 3 is 2.39 bits per heavy atom. The van der Waals surface area contributed by atoms with Crippen molar-refractivity contribution in [3.63, 3.8) is 0 Å². The van der Waals surface area contributed by atoms with Crippen LogP contribution in [0.5, 0.6) is 0 Å². The van der Waals surface area contributed by atoms with Gasteiger partial charge >= 0.3 is 0 Å². The number of ether oxygens (including phenoxy) is 1. The van der Waals surface area contributed by atoms with E-state index in [4.69, 9.17) is 4.74 Å². The first-order valence-electron chi connectivity index (χ1n) is 10.6. The fourth-order valence-corrected chi connectivity index (χ4v) is 4.31. The first kappa shape index (κ1) is 21.1. The summed E-state index contributed by atoms with van der Waals surface area (Å²) in [5.74, 6) is -0.525. The minimum absolute atomic E-state index is 0.194. The molecule has 6 heteroatoms. The van der Waals surface area contributed by atoms with Gasteiger partial charge in [0.15, 0.2) is 0 Å². The van der Waals surface area contributed by atoms with Crippen molar-refractivity contribution < 1.29 is 13.9 Å². The van der Waals surface area contributed by atoms with Crippen LogP contribution >= 0.6 is 0 Å². The zero-order valence-corrected chi connectivity index (χ0v) is 18.2. The van der Waals surface area contributed by atoms with Gasteiger partial charge in [-0.15, -0.1) is 0 Å². The standard InChI is InChI=1S/C25H28FN3O2/c1-17-6-4-5-7-20(17)16-29-19(3)23(28-12-14-31-15-13-28)18(2)24(29)25(30)27-22-10-8-21(26)9-11-22/h4-11H,12-16H2,1-3H3,(H,27,30). The van der Waals surface area contributed by atoms with Gasteiger partial charge in [0.2, 0.25) is 0 Å². The number of benzene rings is 2. The van der Waals surface area contributed by atoms with Crippen LogP contribution in [0, 0.1) is 26.6 Å². The second kappa shape index (κ2) is 8.94. The van der Waals surface area contributed by atoms with Crippen LogP contribution in [0.25, 0.3) is 0 Å². The third-order valence-electron chi connectivity index (χ3n) is 5.96. The van der Waals surface area contributed by atoms with Gasteiger partial charge < -0.3 is 19.5 Å². The molecule has 5 nitrogen and oxygen atoms in total. The first-order chi connectivity index (χ1) is 15.0. The Labute approximate surface area is 182 Å². The average Bonchev–Trinajstić information content (AvgIpc) is 3.01. The van der Waals surface area contributed by atoms with Crippen molar-refractivity contribution in [2.75, 3.05) is 36.5 Å². The smallest absolute Gasteiger partial charge is 0.272 e. The molecule has 31 heavy (non-hydrogen) atoms. The molecule has 0 unspecified atom stereocenters. The molecular weight excluding hydrogens is 393 g/mol. The molecule has 1 N–H and O–H groups in total. The van der Waals surface area contributed by atoms with Crippen LogP contribution in [0.2, 0.25) is 0 Å². The normalized spacial score (nSPS) is 14.0. The number of nitrogens with one attached hydrogen (secondary N) is 1. The molecule has 2 aromatic carbocycles. The lowest BCUT2D eigenvalue weighted by molar-refractivity contribution is 0.101. The van der Waals surface area contributed by atoms with Crippen LogP contribution in [0.4, 0.5) is 15.8 Å². The number of hydrogen-bond donors (Lipinski definition) is 1. The second-order valence-electron chi connectivity index (χ2n) is 7.98. The number of morpholine rings is 1. The summed E-state index contributed by atoms with van der Waals surface area (Å²) in [6.07, 6.45) is 0. The van der Waals surface area contributed by atoms with Crippen molar-refractivity contribution >= 4 is 17.3 Å². The molecular formula is C25H28FN3O2. The molecule has 0 aliphatic carbocycles. The Hall–Kier alpha value is -3.12. The predicted molar refractivity (Wildman–Crippen MR) is 122 cm³/mol. The first-order valence-corrected chi connectivity index (χ1v) is 10.6. The third-order valence-corrected chi connectivity index (χ3v) is 5.96. The number of nitrogens with zero attached hydrogens (tertiary/aromatic N) is 2. The number of carbonyl (C=O) groups excluding carboxylic acids is 1. The van der Waals surface area contributed by atoms with E-state index >= 15 is 0 Å². The van der Waals surface area contributed by atoms with Gasteiger partial charge in [-0.05, 0) is 56.2 Å². The van der Waals surface area contributed by atoms with E-state index < -0.39 is 0 Å². The summed E-state index contributed by atoms with van der Waals surface area (Å²) >= 11 is 0. The number of aryl methyl sites for hydroxylation is 1. The number of aromatic nitrogens is 1. The molecule has 0 saturated carbocycles. The van der Waals surface area contributed by atoms with Crippen molar-refractivity contribution in [2.24, 2.45) is 0 Å². The van der Waals surface area contributed by atoms with Crippen LogP contribution in [-0.2, 0) is 11.3 Å². The molecule has 1 aromatic heterocycles. The summed E-state index contributed by atoms with van der Waals surface area (Å²) in [5.41, 5.74) is 6.67. The third kappa shape index (κ3) is 4.35. The molecule has 0 atom stereocenters. The van der Waals surface area contributed by atoms with E-state index in [0.29, 0.717) is 31.1 Å². The van der Waals surface area contributed by atoms with Gasteiger partial charge in [-0.3, -0.25) is 4.79 Å². The fraction of sp³-hybridized carbons (Fsp3) is 0.320. The molecule has 1 aliphatic heterocycles. The van der Waals surface area contributed by atoms with E-state index in [-0.39, 0.29) is 11.7 Å². The van der Waals surface area contributed by atoms with Crippen LogP contribution in [0.1, 0.15) is 32.9 Å². The van der Waals surface area contributed by atoms with Crippen LogP contribution < -0.4 is 10.2 Å². The van der Waals surface area contributed by atoms with Gasteiger partial charge in [0.05, 0.1) is 18.9 Å². The monoisotopic (exact) mass is 421 g/mol. The van der Waals surface area contributed by atoms with Crippen molar-refractivity contribution in [3.8, 4) is 0 Å². The lowest BCUT2D eigenvalue weighted by Gasteiger charge is -2.29. The highest BCUT2D eigenvalue weighted by molar-refractivity contribution is 6.05. The lowest BCUT2D eigenvalue weighted by Crippen LogP contribution is -2.36. The maximum atomic E-state index is 13.4. The topological polar surface area (TPSA) is 46.5 Å². The molecule has 1 saturated heterocycles. The van der Waals surface area contributed by atoms with Crippen molar-refractivity contribution in [1.82, 2.24) is 4.57 Å². The molecule has 4 rings (SSSR count). The summed E-state index contributed by atoms with van der Waals surface area (Å²) < 4.78 is 20.9. The van der Waals surface area contributed by atoms with E-state index in [1.165, 1.54) is 23.3 Å². The van der Waals surface area contributed by atoms with Crippen molar-refractivity contribution in [2.45, 2.75) is 27.3 Å². The molecule has 1 amide bonds. The van der Waals surface area contributed by atoms with E-state index in [9.17, 15) is 9.18 Å². The van der Waals surface area contributed by atoms with Gasteiger partial charge in [-0.25, -0.2) is 4.39 Å². The molecule has 3 aromatic rings. The van der Waals surface area contributed by atoms with Crippen LogP contribution in [0.3, 0.4) is 0 Å². The van der Waals surface area contributed by atoms with Gasteiger partial charge in [-0.1, -0.05) is 24.3 Å². The van der Waals surface area contributed by atoms with E-state index in [1.807, 2.05) is 19.1 Å². The van der Waals surface area contributed by atoms with E-state index in [2.05, 4.69) is 40.8 Å². The Kier molecular flexibility index (Phi) is 6.09. The molecule has 2 heterocycles. The molecule has 162 valence electrons. The molecule has 0 radical (unpaired) electrons. The Morgan fingerprint density at radius 1 is 1.03 bits per heavy atom. The second-order valence-corrected chi connectivity index (χ2v) is 7.98. The maximum absolute atomic E-state index is 13.4. The summed E-state index contributed by atoms with van der Waals surface area (Å²) in [4.78, 5) is 15.7. The summed E-state index contributed by atoms with van der Waals surface area (Å²) in [5, 5.41) is 2.94. The molecule has 1 aliphatic rings. The number of hydrogen-bond acceptors (Lipinski definition) is 3. The highest BCUT2D eigenvalue weighted by Crippen LogP contribution is 2.33. The highest BCUT2D eigenvalue weighted by atomic mass is 19.1. The molecule has 0 bridgehead atoms. The quantitative estimate of drug-likeness (QED) is 0.650. The zero-order valence-electron chi connectivity index (χ0n) is 18.2. The largest absolute Gasteiger partial charge is 0.378 e.